The fourth-order valence-electron chi connectivity index (χ4n) is 17.6. The molecule has 0 saturated heterocycles. The lowest BCUT2D eigenvalue weighted by Gasteiger charge is -2.11. The van der Waals surface area contributed by atoms with Crippen LogP contribution < -0.4 is 21.3 Å². The van der Waals surface area contributed by atoms with E-state index in [1.54, 1.807) is 155 Å². The van der Waals surface area contributed by atoms with Crippen LogP contribution in [0.15, 0.2) is 293 Å². The van der Waals surface area contributed by atoms with Gasteiger partial charge in [0.1, 0.15) is 57.1 Å². The number of aromatic nitrogens is 24. The van der Waals surface area contributed by atoms with Crippen LogP contribution >= 0.6 is 0 Å². The molecule has 149 heavy (non-hydrogen) atoms. The molecular weight excluding hydrogens is 1890 g/mol. The smallest absolute Gasteiger partial charge is 0.227 e. The highest BCUT2D eigenvalue weighted by Gasteiger charge is 2.28. The van der Waals surface area contributed by atoms with Gasteiger partial charge in [0.25, 0.3) is 0 Å². The van der Waals surface area contributed by atoms with Gasteiger partial charge in [0, 0.05) is 151 Å². The normalized spacial score (nSPS) is 12.1. The molecule has 1 saturated carbocycles. The van der Waals surface area contributed by atoms with Gasteiger partial charge in [-0.05, 0) is 168 Å². The molecule has 4 amide bonds. The highest BCUT2D eigenvalue weighted by molar-refractivity contribution is 6.05. The third kappa shape index (κ3) is 19.8. The van der Waals surface area contributed by atoms with E-state index < -0.39 is 0 Å². The molecule has 0 bridgehead atoms. The minimum absolute atomic E-state index is 0.0241. The lowest BCUT2D eigenvalue weighted by atomic mass is 10.0. The molecule has 8 aromatic carbocycles. The third-order valence-corrected chi connectivity index (χ3v) is 25.8. The number of nitrogens with zero attached hydrogens (tertiary/aromatic N) is 16. The molecule has 1 unspecified atom stereocenters. The molecule has 16 heterocycles. The molecular formula is C113H88F4N28O4. The number of nitrogens with one attached hydrogen (secondary N) is 12. The number of hydrogen-bond donors (Lipinski definition) is 12. The molecule has 16 aromatic heterocycles. The Morgan fingerprint density at radius 1 is 0.309 bits per heavy atom. The van der Waals surface area contributed by atoms with Crippen LogP contribution in [0.3, 0.4) is 0 Å². The predicted molar refractivity (Wildman–Crippen MR) is 567 cm³/mol. The number of carbonyl (C=O) groups is 4. The summed E-state index contributed by atoms with van der Waals surface area (Å²) >= 11 is 0. The van der Waals surface area contributed by atoms with Crippen LogP contribution in [0.25, 0.3) is 223 Å². The van der Waals surface area contributed by atoms with Crippen LogP contribution in [-0.2, 0) is 19.2 Å². The van der Waals surface area contributed by atoms with Crippen LogP contribution in [0, 0.1) is 41.0 Å². The van der Waals surface area contributed by atoms with Crippen molar-refractivity contribution in [2.24, 2.45) is 17.8 Å². The number of benzene rings is 8. The quantitative estimate of drug-likeness (QED) is 0.0280. The lowest BCUT2D eigenvalue weighted by molar-refractivity contribution is -0.120. The van der Waals surface area contributed by atoms with Crippen LogP contribution in [0.1, 0.15) is 66.7 Å². The number of H-pyrrole nitrogens is 8. The Morgan fingerprint density at radius 2 is 0.631 bits per heavy atom. The van der Waals surface area contributed by atoms with E-state index in [-0.39, 0.29) is 58.7 Å². The van der Waals surface area contributed by atoms with Crippen LogP contribution in [0.2, 0.25) is 0 Å². The summed E-state index contributed by atoms with van der Waals surface area (Å²) in [5.41, 5.74) is 26.0. The van der Waals surface area contributed by atoms with Crippen molar-refractivity contribution in [2.45, 2.75) is 66.7 Å². The zero-order chi connectivity index (χ0) is 102. The maximum absolute atomic E-state index is 14.5. The molecule has 1 fully saturated rings. The molecule has 36 heteroatoms. The first-order valence-corrected chi connectivity index (χ1v) is 48.0. The topological polar surface area (TPSA) is 449 Å². The van der Waals surface area contributed by atoms with Gasteiger partial charge >= 0.3 is 0 Å². The Bertz CT molecular complexity index is 9290. The van der Waals surface area contributed by atoms with Gasteiger partial charge in [0.05, 0.1) is 127 Å². The maximum atomic E-state index is 14.5. The number of anilines is 4. The summed E-state index contributed by atoms with van der Waals surface area (Å²) < 4.78 is 56.8. The van der Waals surface area contributed by atoms with Crippen LogP contribution in [-0.4, -0.2) is 144 Å². The number of pyridine rings is 8. The van der Waals surface area contributed by atoms with Gasteiger partial charge in [0.2, 0.25) is 23.6 Å². The molecule has 25 rings (SSSR count). The Morgan fingerprint density at radius 3 is 0.960 bits per heavy atom. The van der Waals surface area contributed by atoms with Crippen molar-refractivity contribution in [2.75, 3.05) is 21.3 Å². The van der Waals surface area contributed by atoms with E-state index in [0.29, 0.717) is 154 Å². The molecule has 0 radical (unpaired) electrons. The summed E-state index contributed by atoms with van der Waals surface area (Å²) in [4.78, 5) is 115. The SMILES string of the molecule is CC(C)C(=O)Nc1cncc(-c2ccc3[nH]nc(-c4nc5c(-c6ccccc6F)cncc5[nH]4)c3c2)c1.CCC(=O)Nc1cncc(-c2ccc3[nH]nc(-c4nc5c(-c6ccccc6F)cncc5[nH]4)c3c2)c1.CCC(C)C(=O)Nc1cncc(-c2ccc3[nH]nc(-c4nc5c(-c6cccc(F)c6)cncc5[nH]4)c3c2)c1.O=C(CC1CC1)Nc1cncc(-c2ccc3[nH]nc(-c4nc5c(-c6cccc(F)c6)cncc5[nH]4)c3c2)c1. The first-order chi connectivity index (χ1) is 72.7. The summed E-state index contributed by atoms with van der Waals surface area (Å²) in [7, 11) is 0. The monoisotopic (exact) mass is 1980 g/mol. The number of halogens is 4. The molecule has 1 aliphatic rings. The summed E-state index contributed by atoms with van der Waals surface area (Å²) in [6.45, 7) is 9.37. The summed E-state index contributed by atoms with van der Waals surface area (Å²) in [6, 6.07) is 57.2. The van der Waals surface area contributed by atoms with Gasteiger partial charge in [-0.1, -0.05) is 120 Å². The zero-order valence-corrected chi connectivity index (χ0v) is 80.3. The minimum atomic E-state index is -0.336. The van der Waals surface area contributed by atoms with Crippen molar-refractivity contribution in [1.82, 2.24) is 121 Å². The number of imidazole rings is 4. The Hall–Kier alpha value is -19.7. The van der Waals surface area contributed by atoms with E-state index in [1.165, 1.54) is 36.4 Å². The molecule has 1 atom stereocenters. The molecule has 12 N–H and O–H groups in total. The Labute approximate surface area is 844 Å². The van der Waals surface area contributed by atoms with Crippen LogP contribution in [0.4, 0.5) is 40.3 Å². The van der Waals surface area contributed by atoms with Gasteiger partial charge in [-0.3, -0.25) is 79.4 Å². The standard InChI is InChI=1S/C29H22FN7O.C29H24FN7O.C28H22FN7O.C27H20FN7O/c30-20-3-1-2-18(9-20)23-14-32-15-25-27(23)35-29(34-25)28-22-11-17(6-7-24(22)36-37-28)19-10-21(13-31-12-19)33-26(38)8-16-4-5-16;1-3-16(2)29(38)33-21-10-19(12-31-13-21)17-7-8-24-22(11-17)27(37-36-24)28-34-25-15-32-14-23(26(25)35-28)18-5-4-6-20(30)9-18;1-15(2)28(37)32-18-9-17(11-30-12-18)16-7-8-23-20(10-16)26(36-35-23)27-33-24-14-31-13-21(25(24)34-27)19-5-3-4-6-22(19)29;1-2-24(36)31-17-9-16(11-29-12-17)15-7-8-22-19(10-15)26(35-34-22)27-32-23-14-30-13-20(25(23)33-27)18-5-3-4-6-21(18)28/h1-3,6-7,9-16H,4-5,8H2,(H,33,38)(H,34,35)(H,36,37);4-16H,3H2,1-2H3,(H,33,38)(H,34,35)(H,36,37);3-15H,1-2H3,(H,32,37)(H,33,34)(H,35,36);3-14H,2H2,1H3,(H,31,36)(H,32,33)(H,34,35). The Kier molecular flexibility index (Phi) is 25.7. The minimum Gasteiger partial charge on any atom is -0.335 e. The molecule has 32 nitrogen and oxygen atoms in total. The number of aromatic amines is 8. The van der Waals surface area contributed by atoms with Crippen LogP contribution in [0.5, 0.6) is 0 Å². The van der Waals surface area contributed by atoms with E-state index in [0.717, 1.165) is 130 Å². The first-order valence-electron chi connectivity index (χ1n) is 48.0. The number of rotatable bonds is 22. The van der Waals surface area contributed by atoms with E-state index in [1.807, 2.05) is 137 Å². The second kappa shape index (κ2) is 40.6. The highest BCUT2D eigenvalue weighted by Crippen LogP contribution is 2.42. The number of carbonyl (C=O) groups excluding carboxylic acids is 4. The van der Waals surface area contributed by atoms with Gasteiger partial charge in [-0.15, -0.1) is 0 Å². The second-order valence-corrected chi connectivity index (χ2v) is 36.4. The van der Waals surface area contributed by atoms with E-state index >= 15 is 0 Å². The molecule has 1 aliphatic carbocycles. The highest BCUT2D eigenvalue weighted by atomic mass is 19.1. The van der Waals surface area contributed by atoms with E-state index in [9.17, 15) is 36.7 Å². The third-order valence-electron chi connectivity index (χ3n) is 25.8. The maximum Gasteiger partial charge on any atom is 0.227 e. The summed E-state index contributed by atoms with van der Waals surface area (Å²) in [5, 5.41) is 45.4. The van der Waals surface area contributed by atoms with Gasteiger partial charge < -0.3 is 41.2 Å². The predicted octanol–water partition coefficient (Wildman–Crippen LogP) is 24.1. The average molecular weight is 1980 g/mol. The van der Waals surface area contributed by atoms with Gasteiger partial charge in [-0.25, -0.2) is 37.5 Å². The average Bonchev–Trinajstić information content (AvgIpc) is 1.62. The fourth-order valence-corrected chi connectivity index (χ4v) is 17.6. The van der Waals surface area contributed by atoms with Crippen molar-refractivity contribution >= 4 is 134 Å². The first kappa shape index (κ1) is 94.2. The Balaban J connectivity index is 0.000000112. The van der Waals surface area contributed by atoms with Crippen molar-refractivity contribution in [3.8, 4) is 135 Å². The van der Waals surface area contributed by atoms with E-state index in [4.69, 9.17) is 19.9 Å². The summed E-state index contributed by atoms with van der Waals surface area (Å²) in [6.07, 6.45) is 30.9. The van der Waals surface area contributed by atoms with Crippen molar-refractivity contribution in [3.63, 3.8) is 0 Å². The second-order valence-electron chi connectivity index (χ2n) is 36.4. The largest absolute Gasteiger partial charge is 0.335 e. The fraction of sp³-hybridized carbons (Fsp3) is 0.115. The van der Waals surface area contributed by atoms with Gasteiger partial charge in [-0.2, -0.15) is 20.4 Å². The zero-order valence-electron chi connectivity index (χ0n) is 80.3. The molecule has 732 valence electrons. The van der Waals surface area contributed by atoms with Crippen molar-refractivity contribution < 1.29 is 36.7 Å². The number of hydrogen-bond acceptors (Lipinski definition) is 20. The summed E-state index contributed by atoms with van der Waals surface area (Å²) in [5.74, 6) is 1.08. The molecule has 24 aromatic rings. The van der Waals surface area contributed by atoms with E-state index in [2.05, 4.69) is 122 Å². The number of fused-ring (bicyclic) bond motifs is 8. The van der Waals surface area contributed by atoms with Crippen molar-refractivity contribution in [1.29, 1.82) is 0 Å². The number of amides is 4. The molecule has 0 spiro atoms. The van der Waals surface area contributed by atoms with Gasteiger partial charge in [0.15, 0.2) is 23.3 Å². The van der Waals surface area contributed by atoms with Crippen molar-refractivity contribution in [3.05, 3.63) is 317 Å². The lowest BCUT2D eigenvalue weighted by Crippen LogP contribution is -2.19. The molecule has 0 aliphatic heterocycles.